The molecule has 0 spiro atoms. The number of benzene rings is 2. The van der Waals surface area contributed by atoms with Gasteiger partial charge in [0, 0.05) is 35.2 Å². The summed E-state index contributed by atoms with van der Waals surface area (Å²) in [4.78, 5) is 32.2. The van der Waals surface area contributed by atoms with Crippen molar-refractivity contribution in [3.05, 3.63) is 78.8 Å². The van der Waals surface area contributed by atoms with E-state index in [-0.39, 0.29) is 5.56 Å². The van der Waals surface area contributed by atoms with E-state index in [2.05, 4.69) is 5.32 Å². The van der Waals surface area contributed by atoms with E-state index in [0.717, 1.165) is 23.8 Å². The van der Waals surface area contributed by atoms with Gasteiger partial charge in [0.25, 0.3) is 17.3 Å². The standard InChI is InChI=1S/C16H14ClN3O5S/c17-15-4-2-1-3-11(15)10-26-6-5-18-16(21)12-7-13(19(22)23)9-14(8-12)20(24)25/h1-4,7-9H,5-6,10H2,(H,18,21). The molecule has 0 saturated carbocycles. The van der Waals surface area contributed by atoms with Gasteiger partial charge < -0.3 is 5.32 Å². The minimum Gasteiger partial charge on any atom is -0.351 e. The number of nitrogens with zero attached hydrogens (tertiary/aromatic N) is 2. The Kier molecular flexibility index (Phi) is 6.93. The third-order valence-corrected chi connectivity index (χ3v) is 4.71. The monoisotopic (exact) mass is 395 g/mol. The van der Waals surface area contributed by atoms with Gasteiger partial charge >= 0.3 is 0 Å². The van der Waals surface area contributed by atoms with Crippen LogP contribution in [0.5, 0.6) is 0 Å². The third-order valence-electron chi connectivity index (χ3n) is 3.33. The lowest BCUT2D eigenvalue weighted by molar-refractivity contribution is -0.394. The molecule has 0 saturated heterocycles. The fourth-order valence-corrected chi connectivity index (χ4v) is 3.22. The highest BCUT2D eigenvalue weighted by atomic mass is 35.5. The van der Waals surface area contributed by atoms with Gasteiger partial charge in [0.15, 0.2) is 0 Å². The molecular weight excluding hydrogens is 382 g/mol. The minimum absolute atomic E-state index is 0.123. The lowest BCUT2D eigenvalue weighted by Gasteiger charge is -2.06. The van der Waals surface area contributed by atoms with E-state index < -0.39 is 27.1 Å². The molecule has 26 heavy (non-hydrogen) atoms. The minimum atomic E-state index is -0.775. The summed E-state index contributed by atoms with van der Waals surface area (Å²) in [7, 11) is 0. The van der Waals surface area contributed by atoms with Crippen molar-refractivity contribution in [1.82, 2.24) is 5.32 Å². The second-order valence-corrected chi connectivity index (χ2v) is 6.66. The number of nitrogens with one attached hydrogen (secondary N) is 1. The van der Waals surface area contributed by atoms with Gasteiger partial charge in [-0.05, 0) is 11.6 Å². The number of carbonyl (C=O) groups is 1. The summed E-state index contributed by atoms with van der Waals surface area (Å²) in [5.41, 5.74) is -0.142. The lowest BCUT2D eigenvalue weighted by atomic mass is 10.1. The molecule has 1 amide bonds. The lowest BCUT2D eigenvalue weighted by Crippen LogP contribution is -2.25. The number of carbonyl (C=O) groups excluding carboxylic acids is 1. The number of nitro benzene ring substituents is 2. The van der Waals surface area contributed by atoms with Crippen molar-refractivity contribution in [2.75, 3.05) is 12.3 Å². The van der Waals surface area contributed by atoms with Crippen molar-refractivity contribution in [2.24, 2.45) is 0 Å². The molecule has 0 aliphatic carbocycles. The highest BCUT2D eigenvalue weighted by Gasteiger charge is 2.19. The van der Waals surface area contributed by atoms with Crippen LogP contribution in [0.2, 0.25) is 5.02 Å². The Bertz CT molecular complexity index is 814. The van der Waals surface area contributed by atoms with Gasteiger partial charge in [0.1, 0.15) is 0 Å². The van der Waals surface area contributed by atoms with Crippen LogP contribution in [0.15, 0.2) is 42.5 Å². The number of hydrogen-bond acceptors (Lipinski definition) is 6. The molecule has 1 N–H and O–H groups in total. The van der Waals surface area contributed by atoms with Gasteiger partial charge in [-0.2, -0.15) is 11.8 Å². The number of amides is 1. The van der Waals surface area contributed by atoms with Crippen LogP contribution < -0.4 is 5.32 Å². The molecule has 136 valence electrons. The molecule has 8 nitrogen and oxygen atoms in total. The molecule has 0 radical (unpaired) electrons. The fraction of sp³-hybridized carbons (Fsp3) is 0.188. The fourth-order valence-electron chi connectivity index (χ4n) is 2.07. The molecule has 0 atom stereocenters. The van der Waals surface area contributed by atoms with E-state index in [9.17, 15) is 25.0 Å². The molecule has 0 bridgehead atoms. The molecule has 0 aliphatic heterocycles. The molecule has 10 heteroatoms. The van der Waals surface area contributed by atoms with Crippen molar-refractivity contribution in [3.63, 3.8) is 0 Å². The second kappa shape index (κ2) is 9.16. The zero-order valence-corrected chi connectivity index (χ0v) is 15.0. The zero-order chi connectivity index (χ0) is 19.1. The number of hydrogen-bond donors (Lipinski definition) is 1. The van der Waals surface area contributed by atoms with Gasteiger partial charge in [-0.15, -0.1) is 0 Å². The SMILES string of the molecule is O=C(NCCSCc1ccccc1Cl)c1cc([N+](=O)[O-])cc([N+](=O)[O-])c1. The average molecular weight is 396 g/mol. The van der Waals surface area contributed by atoms with E-state index in [0.29, 0.717) is 23.1 Å². The van der Waals surface area contributed by atoms with Crippen LogP contribution in [0.4, 0.5) is 11.4 Å². The highest BCUT2D eigenvalue weighted by molar-refractivity contribution is 7.98. The Morgan fingerprint density at radius 3 is 2.27 bits per heavy atom. The molecule has 0 heterocycles. The van der Waals surface area contributed by atoms with Gasteiger partial charge in [0.2, 0.25) is 0 Å². The predicted octanol–water partition coefficient (Wildman–Crippen LogP) is 3.82. The van der Waals surface area contributed by atoms with Crippen LogP contribution in [0.25, 0.3) is 0 Å². The van der Waals surface area contributed by atoms with E-state index in [1.165, 1.54) is 0 Å². The van der Waals surface area contributed by atoms with Crippen LogP contribution in [-0.4, -0.2) is 28.1 Å². The molecule has 2 aromatic rings. The summed E-state index contributed by atoms with van der Waals surface area (Å²) >= 11 is 7.61. The molecule has 0 fully saturated rings. The van der Waals surface area contributed by atoms with Gasteiger partial charge in [0.05, 0.1) is 21.5 Å². The molecular formula is C16H14ClN3O5S. The van der Waals surface area contributed by atoms with Crippen LogP contribution in [0.1, 0.15) is 15.9 Å². The Hall–Kier alpha value is -2.65. The van der Waals surface area contributed by atoms with Crippen molar-refractivity contribution < 1.29 is 14.6 Å². The first-order valence-electron chi connectivity index (χ1n) is 7.41. The number of non-ortho nitro benzene ring substituents is 2. The van der Waals surface area contributed by atoms with E-state index in [4.69, 9.17) is 11.6 Å². The first kappa shape index (κ1) is 19.7. The summed E-state index contributed by atoms with van der Waals surface area (Å²) in [6.45, 7) is 0.310. The molecule has 0 aromatic heterocycles. The summed E-state index contributed by atoms with van der Waals surface area (Å²) in [6.07, 6.45) is 0. The zero-order valence-electron chi connectivity index (χ0n) is 13.4. The van der Waals surface area contributed by atoms with Crippen LogP contribution in [0, 0.1) is 20.2 Å². The van der Waals surface area contributed by atoms with Crippen molar-refractivity contribution in [2.45, 2.75) is 5.75 Å². The number of halogens is 1. The first-order valence-corrected chi connectivity index (χ1v) is 8.95. The van der Waals surface area contributed by atoms with Crippen LogP contribution >= 0.6 is 23.4 Å². The van der Waals surface area contributed by atoms with Crippen molar-refractivity contribution in [3.8, 4) is 0 Å². The summed E-state index contributed by atoms with van der Waals surface area (Å²) in [5, 5.41) is 25.0. The van der Waals surface area contributed by atoms with Crippen molar-refractivity contribution >= 4 is 40.6 Å². The van der Waals surface area contributed by atoms with E-state index in [1.54, 1.807) is 17.8 Å². The van der Waals surface area contributed by atoms with Crippen molar-refractivity contribution in [1.29, 1.82) is 0 Å². The largest absolute Gasteiger partial charge is 0.351 e. The Labute approximate surface area is 157 Å². The quantitative estimate of drug-likeness (QED) is 0.412. The number of rotatable bonds is 8. The average Bonchev–Trinajstić information content (AvgIpc) is 2.62. The summed E-state index contributed by atoms with van der Waals surface area (Å²) < 4.78 is 0. The Balaban J connectivity index is 1.90. The Morgan fingerprint density at radius 1 is 1.08 bits per heavy atom. The highest BCUT2D eigenvalue weighted by Crippen LogP contribution is 2.23. The number of nitro groups is 2. The smallest absolute Gasteiger partial charge is 0.277 e. The van der Waals surface area contributed by atoms with Gasteiger partial charge in [-0.1, -0.05) is 29.8 Å². The maximum Gasteiger partial charge on any atom is 0.277 e. The molecule has 2 aromatic carbocycles. The van der Waals surface area contributed by atoms with E-state index >= 15 is 0 Å². The normalized spacial score (nSPS) is 10.3. The first-order chi connectivity index (χ1) is 12.4. The molecule has 0 unspecified atom stereocenters. The molecule has 0 aliphatic rings. The van der Waals surface area contributed by atoms with Gasteiger partial charge in [-0.25, -0.2) is 0 Å². The van der Waals surface area contributed by atoms with Gasteiger partial charge in [-0.3, -0.25) is 25.0 Å². The summed E-state index contributed by atoms with van der Waals surface area (Å²) in [6, 6.07) is 10.3. The maximum absolute atomic E-state index is 12.1. The maximum atomic E-state index is 12.1. The predicted molar refractivity (Wildman–Crippen MR) is 99.7 cm³/mol. The number of thioether (sulfide) groups is 1. The molecule has 2 rings (SSSR count). The second-order valence-electron chi connectivity index (χ2n) is 5.15. The topological polar surface area (TPSA) is 115 Å². The van der Waals surface area contributed by atoms with Crippen LogP contribution in [0.3, 0.4) is 0 Å². The summed E-state index contributed by atoms with van der Waals surface area (Å²) in [5.74, 6) is 0.668. The third kappa shape index (κ3) is 5.43. The van der Waals surface area contributed by atoms with Crippen LogP contribution in [-0.2, 0) is 5.75 Å². The van der Waals surface area contributed by atoms with E-state index in [1.807, 2.05) is 18.2 Å². The Morgan fingerprint density at radius 2 is 1.69 bits per heavy atom.